The molecule has 0 N–H and O–H groups in total. The molecule has 17 heteroatoms. The molecule has 31 heavy (non-hydrogen) atoms. The smallest absolute Gasteiger partial charge is 0.405 e. The molecule has 0 aromatic carbocycles. The lowest BCUT2D eigenvalue weighted by Gasteiger charge is -2.39. The van der Waals surface area contributed by atoms with E-state index in [4.69, 9.17) is 13.3 Å². The first kappa shape index (κ1) is 27.6. The molecule has 0 aliphatic carbocycles. The van der Waals surface area contributed by atoms with Gasteiger partial charge in [-0.05, 0) is 20.8 Å². The number of sulfone groups is 1. The van der Waals surface area contributed by atoms with E-state index in [1.165, 1.54) is 20.8 Å². The minimum absolute atomic E-state index is 0.0272. The third-order valence-electron chi connectivity index (χ3n) is 3.81. The molecule has 9 nitrogen and oxygen atoms in total. The van der Waals surface area contributed by atoms with E-state index in [0.29, 0.717) is 0 Å². The zero-order valence-electron chi connectivity index (χ0n) is 16.5. The van der Waals surface area contributed by atoms with Crippen molar-refractivity contribution in [2.24, 2.45) is 0 Å². The molecular formula is C14H20F6O9SSi. The molecule has 1 aliphatic rings. The highest BCUT2D eigenvalue weighted by molar-refractivity contribution is 7.93. The van der Waals surface area contributed by atoms with Gasteiger partial charge in [0.15, 0.2) is 9.84 Å². The molecule has 0 aromatic heterocycles. The number of carbonyl (C=O) groups is 2. The molecule has 1 aliphatic heterocycles. The molecule has 1 heterocycles. The van der Waals surface area contributed by atoms with E-state index in [-0.39, 0.29) is 19.8 Å². The summed E-state index contributed by atoms with van der Waals surface area (Å²) < 4.78 is 125. The van der Waals surface area contributed by atoms with Crippen LogP contribution in [0.4, 0.5) is 26.3 Å². The van der Waals surface area contributed by atoms with E-state index >= 15 is 0 Å². The van der Waals surface area contributed by atoms with Gasteiger partial charge in [0.05, 0.1) is 5.75 Å². The number of alkyl halides is 6. The summed E-state index contributed by atoms with van der Waals surface area (Å²) in [4.78, 5) is 23.8. The summed E-state index contributed by atoms with van der Waals surface area (Å²) in [6.07, 6.45) is -12.8. The van der Waals surface area contributed by atoms with Crippen LogP contribution in [0.1, 0.15) is 20.8 Å². The van der Waals surface area contributed by atoms with E-state index < -0.39 is 65.8 Å². The van der Waals surface area contributed by atoms with Crippen molar-refractivity contribution in [2.45, 2.75) is 50.2 Å². The van der Waals surface area contributed by atoms with Gasteiger partial charge >= 0.3 is 38.9 Å². The van der Waals surface area contributed by atoms with Crippen molar-refractivity contribution >= 4 is 30.6 Å². The van der Waals surface area contributed by atoms with Gasteiger partial charge in [-0.3, -0.25) is 0 Å². The Balaban J connectivity index is 3.20. The Bertz CT molecular complexity index is 716. The summed E-state index contributed by atoms with van der Waals surface area (Å²) in [6.45, 7) is 4.70. The van der Waals surface area contributed by atoms with E-state index in [2.05, 4.69) is 9.47 Å². The zero-order valence-corrected chi connectivity index (χ0v) is 18.3. The van der Waals surface area contributed by atoms with Gasteiger partial charge in [0.1, 0.15) is 0 Å². The first-order valence-electron chi connectivity index (χ1n) is 8.75. The minimum Gasteiger partial charge on any atom is -0.405 e. The predicted molar refractivity (Wildman–Crippen MR) is 90.0 cm³/mol. The van der Waals surface area contributed by atoms with Crippen molar-refractivity contribution in [3.8, 4) is 0 Å². The molecule has 0 radical (unpaired) electrons. The van der Waals surface area contributed by atoms with Crippen molar-refractivity contribution in [2.75, 3.05) is 25.6 Å². The fourth-order valence-electron chi connectivity index (χ4n) is 2.58. The summed E-state index contributed by atoms with van der Waals surface area (Å²) in [5.74, 6) is -11.8. The SMILES string of the molecule is CCO[Si](CCS(=O)(=O)C1C(=O)OC(C(F)(F)F)(C(F)(F)F)OC1=O)(OCC)OCC. The number of hydrogen-bond donors (Lipinski definition) is 0. The average molecular weight is 506 g/mol. The summed E-state index contributed by atoms with van der Waals surface area (Å²) in [7, 11) is -8.64. The Morgan fingerprint density at radius 2 is 1.23 bits per heavy atom. The molecule has 0 saturated carbocycles. The van der Waals surface area contributed by atoms with Crippen LogP contribution < -0.4 is 0 Å². The summed E-state index contributed by atoms with van der Waals surface area (Å²) >= 11 is 0. The summed E-state index contributed by atoms with van der Waals surface area (Å²) in [5.41, 5.74) is 0. The maximum absolute atomic E-state index is 13.0. The van der Waals surface area contributed by atoms with Crippen LogP contribution in [0.25, 0.3) is 0 Å². The fraction of sp³-hybridized carbons (Fsp3) is 0.857. The number of halogens is 6. The number of rotatable bonds is 10. The highest BCUT2D eigenvalue weighted by Crippen LogP contribution is 2.49. The molecule has 0 bridgehead atoms. The van der Waals surface area contributed by atoms with Gasteiger partial charge in [0.2, 0.25) is 0 Å². The van der Waals surface area contributed by atoms with Gasteiger partial charge in [0, 0.05) is 25.9 Å². The molecular weight excluding hydrogens is 486 g/mol. The molecule has 0 atom stereocenters. The highest BCUT2D eigenvalue weighted by Gasteiger charge is 2.81. The van der Waals surface area contributed by atoms with Crippen molar-refractivity contribution < 1.29 is 67.1 Å². The van der Waals surface area contributed by atoms with Gasteiger partial charge in [-0.25, -0.2) is 18.0 Å². The van der Waals surface area contributed by atoms with Crippen LogP contribution >= 0.6 is 0 Å². The molecule has 182 valence electrons. The molecule has 0 aromatic rings. The second-order valence-electron chi connectivity index (χ2n) is 5.93. The average Bonchev–Trinajstić information content (AvgIpc) is 2.58. The Kier molecular flexibility index (Phi) is 8.54. The van der Waals surface area contributed by atoms with Crippen molar-refractivity contribution in [3.63, 3.8) is 0 Å². The minimum atomic E-state index is -6.41. The molecule has 0 unspecified atom stereocenters. The van der Waals surface area contributed by atoms with E-state index in [0.717, 1.165) is 0 Å². The van der Waals surface area contributed by atoms with Gasteiger partial charge in [-0.2, -0.15) is 26.3 Å². The van der Waals surface area contributed by atoms with Crippen LogP contribution in [0, 0.1) is 0 Å². The van der Waals surface area contributed by atoms with Crippen LogP contribution in [0.5, 0.6) is 0 Å². The first-order valence-corrected chi connectivity index (χ1v) is 12.4. The Morgan fingerprint density at radius 1 is 0.871 bits per heavy atom. The van der Waals surface area contributed by atoms with Gasteiger partial charge in [0.25, 0.3) is 5.25 Å². The van der Waals surface area contributed by atoms with Crippen molar-refractivity contribution in [1.29, 1.82) is 0 Å². The summed E-state index contributed by atoms with van der Waals surface area (Å²) in [5, 5.41) is -3.05. The van der Waals surface area contributed by atoms with Crippen LogP contribution in [0.15, 0.2) is 0 Å². The lowest BCUT2D eigenvalue weighted by Crippen LogP contribution is -2.68. The van der Waals surface area contributed by atoms with Crippen LogP contribution in [-0.4, -0.2) is 78.1 Å². The molecule has 0 amide bonds. The second kappa shape index (κ2) is 9.59. The maximum atomic E-state index is 13.0. The normalized spacial score (nSPS) is 18.6. The Hall–Kier alpha value is -1.43. The third-order valence-corrected chi connectivity index (χ3v) is 9.09. The largest absolute Gasteiger partial charge is 0.501 e. The van der Waals surface area contributed by atoms with E-state index in [1.807, 2.05) is 0 Å². The fourth-order valence-corrected chi connectivity index (χ4v) is 7.64. The van der Waals surface area contributed by atoms with Gasteiger partial charge in [-0.1, -0.05) is 0 Å². The first-order chi connectivity index (χ1) is 14.0. The second-order valence-corrected chi connectivity index (χ2v) is 10.9. The monoisotopic (exact) mass is 506 g/mol. The maximum Gasteiger partial charge on any atom is 0.501 e. The molecule has 0 spiro atoms. The number of ether oxygens (including phenoxy) is 2. The standard InChI is InChI=1S/C14H20F6O9SSi/c1-4-25-31(26-5-2,27-6-3)8-7-30(23,24)9-10(21)28-12(13(15,16)17,14(18,19)20)29-11(9)22/h9H,4-8H2,1-3H3. The van der Waals surface area contributed by atoms with E-state index in [9.17, 15) is 44.3 Å². The number of carbonyl (C=O) groups excluding carboxylic acids is 2. The number of esters is 2. The van der Waals surface area contributed by atoms with Crippen LogP contribution in [0.2, 0.25) is 6.04 Å². The lowest BCUT2D eigenvalue weighted by molar-refractivity contribution is -0.448. The van der Waals surface area contributed by atoms with Gasteiger partial charge in [-0.15, -0.1) is 0 Å². The lowest BCUT2D eigenvalue weighted by atomic mass is 10.2. The Labute approximate surface area is 174 Å². The topological polar surface area (TPSA) is 114 Å². The van der Waals surface area contributed by atoms with Crippen molar-refractivity contribution in [1.82, 2.24) is 0 Å². The molecule has 1 rings (SSSR count). The summed E-state index contributed by atoms with van der Waals surface area (Å²) in [6, 6.07) is -0.536. The quantitative estimate of drug-likeness (QED) is 0.189. The van der Waals surface area contributed by atoms with Crippen molar-refractivity contribution in [3.05, 3.63) is 0 Å². The number of hydrogen-bond acceptors (Lipinski definition) is 9. The van der Waals surface area contributed by atoms with Crippen LogP contribution in [0.3, 0.4) is 0 Å². The third kappa shape index (κ3) is 5.68. The predicted octanol–water partition coefficient (Wildman–Crippen LogP) is 1.74. The molecule has 1 saturated heterocycles. The van der Waals surface area contributed by atoms with Crippen LogP contribution in [-0.2, 0) is 42.2 Å². The molecule has 1 fully saturated rings. The highest BCUT2D eigenvalue weighted by atomic mass is 32.2. The number of cyclic esters (lactones) is 2. The van der Waals surface area contributed by atoms with Gasteiger partial charge < -0.3 is 22.8 Å². The van der Waals surface area contributed by atoms with E-state index in [1.54, 1.807) is 0 Å². The zero-order chi connectivity index (χ0) is 24.3. The Morgan fingerprint density at radius 3 is 1.52 bits per heavy atom.